The largest absolute Gasteiger partial charge is 0.308 e. The van der Waals surface area contributed by atoms with Crippen molar-refractivity contribution in [3.63, 3.8) is 0 Å². The van der Waals surface area contributed by atoms with Gasteiger partial charge in [-0.2, -0.15) is 5.10 Å². The van der Waals surface area contributed by atoms with Crippen molar-refractivity contribution < 1.29 is 0 Å². The van der Waals surface area contributed by atoms with Gasteiger partial charge in [-0.3, -0.25) is 4.68 Å². The van der Waals surface area contributed by atoms with E-state index in [-0.39, 0.29) is 0 Å². The molecular formula is C11H15ClN4S. The van der Waals surface area contributed by atoms with E-state index in [1.165, 1.54) is 0 Å². The number of nitrogens with one attached hydrogen (secondary N) is 1. The van der Waals surface area contributed by atoms with E-state index >= 15 is 0 Å². The molecule has 6 heteroatoms. The summed E-state index contributed by atoms with van der Waals surface area (Å²) in [5, 5.41) is 11.3. The summed E-state index contributed by atoms with van der Waals surface area (Å²) >= 11 is 7.48. The minimum Gasteiger partial charge on any atom is -0.308 e. The Bertz CT molecular complexity index is 477. The number of hydrogen-bond acceptors (Lipinski definition) is 4. The molecule has 1 N–H and O–H groups in total. The minimum absolute atomic E-state index is 0.479. The van der Waals surface area contributed by atoms with Crippen LogP contribution in [0.5, 0.6) is 0 Å². The van der Waals surface area contributed by atoms with Crippen LogP contribution in [0.2, 0.25) is 5.02 Å². The summed E-state index contributed by atoms with van der Waals surface area (Å²) in [5.74, 6) is 0. The zero-order chi connectivity index (χ0) is 12.3. The Morgan fingerprint density at radius 3 is 3.00 bits per heavy atom. The molecule has 2 aromatic heterocycles. The molecule has 0 aliphatic rings. The summed E-state index contributed by atoms with van der Waals surface area (Å²) in [6, 6.07) is 0.479. The molecule has 0 aliphatic heterocycles. The van der Waals surface area contributed by atoms with Crippen molar-refractivity contribution in [2.75, 3.05) is 0 Å². The molecule has 17 heavy (non-hydrogen) atoms. The summed E-state index contributed by atoms with van der Waals surface area (Å²) in [7, 11) is 0. The van der Waals surface area contributed by atoms with Crippen LogP contribution >= 0.6 is 22.9 Å². The van der Waals surface area contributed by atoms with Crippen LogP contribution < -0.4 is 5.32 Å². The van der Waals surface area contributed by atoms with E-state index in [9.17, 15) is 0 Å². The van der Waals surface area contributed by atoms with Crippen LogP contribution in [0.1, 0.15) is 24.5 Å². The highest BCUT2D eigenvalue weighted by Crippen LogP contribution is 2.12. The molecule has 0 radical (unpaired) electrons. The Balaban J connectivity index is 1.94. The molecule has 0 aromatic carbocycles. The molecule has 0 unspecified atom stereocenters. The van der Waals surface area contributed by atoms with Gasteiger partial charge in [-0.25, -0.2) is 4.98 Å². The third-order valence-electron chi connectivity index (χ3n) is 2.19. The summed E-state index contributed by atoms with van der Waals surface area (Å²) < 4.78 is 1.79. The number of nitrogens with zero attached hydrogens (tertiary/aromatic N) is 3. The van der Waals surface area contributed by atoms with Gasteiger partial charge in [0.15, 0.2) is 0 Å². The van der Waals surface area contributed by atoms with Gasteiger partial charge in [-0.1, -0.05) is 25.4 Å². The van der Waals surface area contributed by atoms with Crippen LogP contribution in [0.3, 0.4) is 0 Å². The van der Waals surface area contributed by atoms with Gasteiger partial charge in [-0.05, 0) is 0 Å². The topological polar surface area (TPSA) is 42.7 Å². The average Bonchev–Trinajstić information content (AvgIpc) is 2.86. The third kappa shape index (κ3) is 3.80. The summed E-state index contributed by atoms with van der Waals surface area (Å²) in [6.07, 6.45) is 3.43. The molecule has 0 spiro atoms. The van der Waals surface area contributed by atoms with Gasteiger partial charge in [0, 0.05) is 24.2 Å². The van der Waals surface area contributed by atoms with Crippen LogP contribution in [0.4, 0.5) is 0 Å². The van der Waals surface area contributed by atoms with Crippen molar-refractivity contribution in [2.24, 2.45) is 0 Å². The molecule has 2 rings (SSSR count). The van der Waals surface area contributed by atoms with E-state index in [1.807, 2.05) is 0 Å². The van der Waals surface area contributed by atoms with E-state index in [0.717, 1.165) is 17.2 Å². The molecule has 0 atom stereocenters. The third-order valence-corrected chi connectivity index (χ3v) is 3.28. The van der Waals surface area contributed by atoms with E-state index in [1.54, 1.807) is 28.4 Å². The van der Waals surface area contributed by atoms with Gasteiger partial charge in [-0.15, -0.1) is 11.3 Å². The SMILES string of the molecule is CC(C)NCc1nc(Cn2cc(Cl)cn2)cs1. The van der Waals surface area contributed by atoms with E-state index in [0.29, 0.717) is 17.6 Å². The molecule has 2 aromatic rings. The lowest BCUT2D eigenvalue weighted by molar-refractivity contribution is 0.585. The Labute approximate surface area is 110 Å². The maximum Gasteiger partial charge on any atom is 0.107 e. The number of thiazole rings is 1. The van der Waals surface area contributed by atoms with Crippen molar-refractivity contribution in [3.05, 3.63) is 33.5 Å². The van der Waals surface area contributed by atoms with Gasteiger partial charge in [0.25, 0.3) is 0 Å². The predicted molar refractivity (Wildman–Crippen MR) is 70.4 cm³/mol. The van der Waals surface area contributed by atoms with Crippen molar-refractivity contribution in [1.29, 1.82) is 0 Å². The second-order valence-electron chi connectivity index (χ2n) is 4.12. The molecule has 2 heterocycles. The molecule has 0 saturated carbocycles. The van der Waals surface area contributed by atoms with E-state index in [2.05, 4.69) is 34.6 Å². The maximum atomic E-state index is 5.81. The second kappa shape index (κ2) is 5.62. The van der Waals surface area contributed by atoms with Gasteiger partial charge in [0.2, 0.25) is 0 Å². The molecule has 0 saturated heterocycles. The first-order valence-electron chi connectivity index (χ1n) is 5.48. The zero-order valence-electron chi connectivity index (χ0n) is 9.85. The van der Waals surface area contributed by atoms with Crippen molar-refractivity contribution in [3.8, 4) is 0 Å². The lowest BCUT2D eigenvalue weighted by Crippen LogP contribution is -2.21. The molecule has 0 fully saturated rings. The summed E-state index contributed by atoms with van der Waals surface area (Å²) in [4.78, 5) is 4.54. The van der Waals surface area contributed by atoms with Gasteiger partial charge >= 0.3 is 0 Å². The fourth-order valence-corrected chi connectivity index (χ4v) is 2.28. The predicted octanol–water partition coefficient (Wildman–Crippen LogP) is 2.54. The average molecular weight is 271 g/mol. The molecule has 0 aliphatic carbocycles. The molecule has 4 nitrogen and oxygen atoms in total. The number of hydrogen-bond donors (Lipinski definition) is 1. The van der Waals surface area contributed by atoms with E-state index < -0.39 is 0 Å². The van der Waals surface area contributed by atoms with Crippen LogP contribution in [0, 0.1) is 0 Å². The quantitative estimate of drug-likeness (QED) is 0.908. The lowest BCUT2D eigenvalue weighted by atomic mass is 10.4. The van der Waals surface area contributed by atoms with Gasteiger partial charge in [0.1, 0.15) is 5.01 Å². The highest BCUT2D eigenvalue weighted by atomic mass is 35.5. The minimum atomic E-state index is 0.479. The zero-order valence-corrected chi connectivity index (χ0v) is 11.4. The lowest BCUT2D eigenvalue weighted by Gasteiger charge is -2.04. The Morgan fingerprint density at radius 2 is 2.35 bits per heavy atom. The monoisotopic (exact) mass is 270 g/mol. The Morgan fingerprint density at radius 1 is 1.53 bits per heavy atom. The maximum absolute atomic E-state index is 5.81. The molecule has 92 valence electrons. The van der Waals surface area contributed by atoms with Crippen molar-refractivity contribution >= 4 is 22.9 Å². The second-order valence-corrected chi connectivity index (χ2v) is 5.50. The van der Waals surface area contributed by atoms with Crippen molar-refractivity contribution in [1.82, 2.24) is 20.1 Å². The number of aromatic nitrogens is 3. The molecular weight excluding hydrogens is 256 g/mol. The van der Waals surface area contributed by atoms with Crippen LogP contribution in [0.25, 0.3) is 0 Å². The Kier molecular flexibility index (Phi) is 4.15. The molecule has 0 amide bonds. The number of halogens is 1. The summed E-state index contributed by atoms with van der Waals surface area (Å²) in [5.41, 5.74) is 1.02. The number of rotatable bonds is 5. The van der Waals surface area contributed by atoms with Crippen molar-refractivity contribution in [2.45, 2.75) is 33.0 Å². The van der Waals surface area contributed by atoms with Gasteiger partial charge in [0.05, 0.1) is 23.5 Å². The normalized spacial score (nSPS) is 11.3. The van der Waals surface area contributed by atoms with E-state index in [4.69, 9.17) is 11.6 Å². The Hall–Kier alpha value is -0.910. The first kappa shape index (κ1) is 12.5. The highest BCUT2D eigenvalue weighted by molar-refractivity contribution is 7.09. The first-order chi connectivity index (χ1) is 8.13. The van der Waals surface area contributed by atoms with Crippen LogP contribution in [0.15, 0.2) is 17.8 Å². The van der Waals surface area contributed by atoms with Gasteiger partial charge < -0.3 is 5.32 Å². The smallest absolute Gasteiger partial charge is 0.107 e. The molecule has 0 bridgehead atoms. The first-order valence-corrected chi connectivity index (χ1v) is 6.74. The van der Waals surface area contributed by atoms with Crippen LogP contribution in [-0.4, -0.2) is 20.8 Å². The highest BCUT2D eigenvalue weighted by Gasteiger charge is 2.04. The standard InChI is InChI=1S/C11H15ClN4S/c1-8(2)13-4-11-15-10(7-17-11)6-16-5-9(12)3-14-16/h3,5,7-8,13H,4,6H2,1-2H3. The fraction of sp³-hybridized carbons (Fsp3) is 0.455. The fourth-order valence-electron chi connectivity index (χ4n) is 1.38. The summed E-state index contributed by atoms with van der Waals surface area (Å²) in [6.45, 7) is 5.74. The van der Waals surface area contributed by atoms with Crippen LogP contribution in [-0.2, 0) is 13.1 Å².